The first-order valence-corrected chi connectivity index (χ1v) is 15.5. The van der Waals surface area contributed by atoms with Crippen LogP contribution in [0, 0.1) is 6.92 Å². The lowest BCUT2D eigenvalue weighted by molar-refractivity contribution is 0.456. The number of pyridine rings is 4. The van der Waals surface area contributed by atoms with Crippen LogP contribution < -0.4 is 0 Å². The molecule has 4 aromatic heterocycles. The zero-order valence-electron chi connectivity index (χ0n) is 26.5. The van der Waals surface area contributed by atoms with Crippen LogP contribution >= 0.6 is 0 Å². The molecular weight excluding hydrogens is 612 g/mol. The van der Waals surface area contributed by atoms with Crippen molar-refractivity contribution in [3.05, 3.63) is 158 Å². The van der Waals surface area contributed by atoms with Crippen molar-refractivity contribution in [1.82, 2.24) is 19.9 Å². The third-order valence-corrected chi connectivity index (χ3v) is 7.75. The van der Waals surface area contributed by atoms with E-state index in [0.29, 0.717) is 11.0 Å². The largest absolute Gasteiger partial charge is 0.507 e. The van der Waals surface area contributed by atoms with E-state index in [0.717, 1.165) is 48.9 Å². The van der Waals surface area contributed by atoms with Crippen LogP contribution in [0.3, 0.4) is 0 Å². The Morgan fingerprint density at radius 2 is 0.959 bits per heavy atom. The first-order chi connectivity index (χ1) is 23.9. The minimum Gasteiger partial charge on any atom is -0.507 e. The molecule has 9 rings (SSSR count). The number of fused-ring (bicyclic) bond motifs is 6. The normalized spacial score (nSPS) is 10.5. The summed E-state index contributed by atoms with van der Waals surface area (Å²) in [5, 5.41) is 43.5. The van der Waals surface area contributed by atoms with Gasteiger partial charge in [0.05, 0.1) is 11.0 Å². The average molecular weight is 645 g/mol. The summed E-state index contributed by atoms with van der Waals surface area (Å²) in [6.45, 7) is 2.00. The summed E-state index contributed by atoms with van der Waals surface area (Å²) in [5.41, 5.74) is 4.16. The Balaban J connectivity index is 0.000000114. The summed E-state index contributed by atoms with van der Waals surface area (Å²) in [6.07, 6.45) is 5.10. The monoisotopic (exact) mass is 644 g/mol. The van der Waals surface area contributed by atoms with Crippen LogP contribution in [0.15, 0.2) is 152 Å². The standard InChI is InChI=1S/C13H9NO.C10H9NO.2C9H7NO/c15-11-5-1-3-9-6-7-10-4-2-8-14-13(10)12(9)11;1-7-4-5-9(12)10-8(7)3-2-6-11-10;11-8-5-1-3-7-4-2-6-10-9(7)8;11-9-6-5-7-3-1-2-4-8(7)10-9/h1-8,15H;2-6,12H,1H3;1-6,11H;1-6H,(H,10,11). The molecular formula is C41H32N4O4. The number of hydrogen-bond acceptors (Lipinski definition) is 8. The van der Waals surface area contributed by atoms with E-state index in [1.54, 1.807) is 48.9 Å². The fraction of sp³-hybridized carbons (Fsp3) is 0.0244. The van der Waals surface area contributed by atoms with Gasteiger partial charge in [-0.3, -0.25) is 15.0 Å². The summed E-state index contributed by atoms with van der Waals surface area (Å²) >= 11 is 0. The third kappa shape index (κ3) is 7.45. The van der Waals surface area contributed by atoms with E-state index in [1.165, 1.54) is 0 Å². The third-order valence-electron chi connectivity index (χ3n) is 7.75. The van der Waals surface area contributed by atoms with Crippen LogP contribution in [0.2, 0.25) is 0 Å². The molecule has 0 bridgehead atoms. The van der Waals surface area contributed by atoms with Crippen molar-refractivity contribution in [2.75, 3.05) is 0 Å². The average Bonchev–Trinajstić information content (AvgIpc) is 3.14. The van der Waals surface area contributed by atoms with Crippen LogP contribution in [0.4, 0.5) is 0 Å². The molecule has 0 fully saturated rings. The highest BCUT2D eigenvalue weighted by Crippen LogP contribution is 2.30. The van der Waals surface area contributed by atoms with Gasteiger partial charge in [0.1, 0.15) is 28.3 Å². The molecule has 9 aromatic rings. The van der Waals surface area contributed by atoms with Gasteiger partial charge in [-0.25, -0.2) is 4.98 Å². The summed E-state index contributed by atoms with van der Waals surface area (Å²) in [5.74, 6) is 0.847. The van der Waals surface area contributed by atoms with E-state index in [2.05, 4.69) is 19.9 Å². The highest BCUT2D eigenvalue weighted by Gasteiger charge is 2.05. The molecule has 4 heterocycles. The molecule has 0 aliphatic heterocycles. The number of hydrogen-bond donors (Lipinski definition) is 4. The number of aryl methyl sites for hydroxylation is 1. The first kappa shape index (κ1) is 32.2. The van der Waals surface area contributed by atoms with E-state index in [4.69, 9.17) is 5.11 Å². The number of aromatic nitrogens is 4. The van der Waals surface area contributed by atoms with Gasteiger partial charge < -0.3 is 20.4 Å². The van der Waals surface area contributed by atoms with E-state index < -0.39 is 0 Å². The van der Waals surface area contributed by atoms with Crippen molar-refractivity contribution in [3.8, 4) is 23.1 Å². The van der Waals surface area contributed by atoms with Crippen molar-refractivity contribution >= 4 is 54.4 Å². The van der Waals surface area contributed by atoms with E-state index in [1.807, 2.05) is 110 Å². The van der Waals surface area contributed by atoms with Crippen LogP contribution in [-0.4, -0.2) is 40.4 Å². The van der Waals surface area contributed by atoms with Crippen molar-refractivity contribution < 1.29 is 20.4 Å². The Kier molecular flexibility index (Phi) is 9.67. The van der Waals surface area contributed by atoms with Gasteiger partial charge in [-0.05, 0) is 66.4 Å². The van der Waals surface area contributed by atoms with Gasteiger partial charge in [0, 0.05) is 51.6 Å². The lowest BCUT2D eigenvalue weighted by Gasteiger charge is -2.04. The van der Waals surface area contributed by atoms with Crippen LogP contribution in [-0.2, 0) is 0 Å². The molecule has 8 heteroatoms. The molecule has 4 N–H and O–H groups in total. The molecule has 0 atom stereocenters. The molecule has 8 nitrogen and oxygen atoms in total. The Bertz CT molecular complexity index is 2490. The minimum absolute atomic E-state index is 0.0729. The molecule has 0 spiro atoms. The van der Waals surface area contributed by atoms with Gasteiger partial charge in [0.15, 0.2) is 0 Å². The maximum absolute atomic E-state index is 9.83. The fourth-order valence-corrected chi connectivity index (χ4v) is 5.34. The Morgan fingerprint density at radius 1 is 0.408 bits per heavy atom. The molecule has 0 amide bonds. The maximum atomic E-state index is 9.83. The van der Waals surface area contributed by atoms with Crippen molar-refractivity contribution in [2.24, 2.45) is 0 Å². The molecule has 0 saturated carbocycles. The number of benzene rings is 5. The molecule has 0 unspecified atom stereocenters. The number of nitrogens with zero attached hydrogens (tertiary/aromatic N) is 4. The van der Waals surface area contributed by atoms with Crippen molar-refractivity contribution in [3.63, 3.8) is 0 Å². The van der Waals surface area contributed by atoms with Crippen molar-refractivity contribution in [1.29, 1.82) is 0 Å². The Morgan fingerprint density at radius 3 is 1.71 bits per heavy atom. The Hall–Kier alpha value is -6.80. The predicted octanol–water partition coefficient (Wildman–Crippen LogP) is 9.22. The SMILES string of the molecule is Cc1ccc(O)c2ncccc12.Oc1ccc2ccccc2n1.Oc1cccc2ccc3cccnc3c12.Oc1cccc2cccnc12. The number of aromatic hydroxyl groups is 4. The molecule has 240 valence electrons. The molecule has 0 aliphatic carbocycles. The smallest absolute Gasteiger partial charge is 0.211 e. The van der Waals surface area contributed by atoms with Crippen LogP contribution in [0.25, 0.3) is 54.4 Å². The molecule has 0 aliphatic rings. The molecule has 49 heavy (non-hydrogen) atoms. The quantitative estimate of drug-likeness (QED) is 0.120. The number of para-hydroxylation sites is 2. The Labute approximate surface area is 281 Å². The lowest BCUT2D eigenvalue weighted by Crippen LogP contribution is -1.81. The summed E-state index contributed by atoms with van der Waals surface area (Å²) in [6, 6.07) is 41.0. The van der Waals surface area contributed by atoms with Gasteiger partial charge in [0.2, 0.25) is 5.88 Å². The fourth-order valence-electron chi connectivity index (χ4n) is 5.34. The highest BCUT2D eigenvalue weighted by atomic mass is 16.3. The second-order valence-corrected chi connectivity index (χ2v) is 11.0. The summed E-state index contributed by atoms with van der Waals surface area (Å²) < 4.78 is 0. The minimum atomic E-state index is 0.0729. The first-order valence-electron chi connectivity index (χ1n) is 15.5. The topological polar surface area (TPSA) is 132 Å². The summed E-state index contributed by atoms with van der Waals surface area (Å²) in [4.78, 5) is 16.4. The van der Waals surface area contributed by atoms with E-state index >= 15 is 0 Å². The maximum Gasteiger partial charge on any atom is 0.211 e. The number of phenolic OH excluding ortho intramolecular Hbond substituents is 3. The molecule has 5 aromatic carbocycles. The van der Waals surface area contributed by atoms with Gasteiger partial charge in [-0.1, -0.05) is 78.9 Å². The number of phenols is 3. The molecule has 0 saturated heterocycles. The van der Waals surface area contributed by atoms with E-state index in [9.17, 15) is 15.3 Å². The van der Waals surface area contributed by atoms with Crippen LogP contribution in [0.5, 0.6) is 23.1 Å². The van der Waals surface area contributed by atoms with Crippen molar-refractivity contribution in [2.45, 2.75) is 6.92 Å². The second kappa shape index (κ2) is 14.7. The van der Waals surface area contributed by atoms with Crippen LogP contribution in [0.1, 0.15) is 5.56 Å². The van der Waals surface area contributed by atoms with Gasteiger partial charge in [0.25, 0.3) is 0 Å². The van der Waals surface area contributed by atoms with E-state index in [-0.39, 0.29) is 23.1 Å². The summed E-state index contributed by atoms with van der Waals surface area (Å²) in [7, 11) is 0. The zero-order chi connectivity index (χ0) is 34.2. The molecule has 0 radical (unpaired) electrons. The predicted molar refractivity (Wildman–Crippen MR) is 196 cm³/mol. The van der Waals surface area contributed by atoms with Gasteiger partial charge in [-0.2, -0.15) is 0 Å². The highest BCUT2D eigenvalue weighted by molar-refractivity contribution is 6.08. The number of rotatable bonds is 0. The van der Waals surface area contributed by atoms with Gasteiger partial charge in [-0.15, -0.1) is 0 Å². The lowest BCUT2D eigenvalue weighted by atomic mass is 10.1. The van der Waals surface area contributed by atoms with Gasteiger partial charge >= 0.3 is 0 Å². The second-order valence-electron chi connectivity index (χ2n) is 11.0. The zero-order valence-corrected chi connectivity index (χ0v) is 26.5.